The number of nitrogens with one attached hydrogen (secondary N) is 1. The highest BCUT2D eigenvalue weighted by Gasteiger charge is 2.14. The van der Waals surface area contributed by atoms with E-state index >= 15 is 0 Å². The summed E-state index contributed by atoms with van der Waals surface area (Å²) in [5.74, 6) is 1.00. The minimum atomic E-state index is -0.269. The van der Waals surface area contributed by atoms with Crippen LogP contribution in [0.1, 0.15) is 12.0 Å². The smallest absolute Gasteiger partial charge is 0.327 e. The maximum Gasteiger partial charge on any atom is 0.327 e. The van der Waals surface area contributed by atoms with Gasteiger partial charge in [-0.2, -0.15) is 9.97 Å². The van der Waals surface area contributed by atoms with Gasteiger partial charge in [0.25, 0.3) is 0 Å². The van der Waals surface area contributed by atoms with Crippen molar-refractivity contribution in [3.63, 3.8) is 0 Å². The number of H-pyrrole nitrogens is 1. The van der Waals surface area contributed by atoms with Crippen molar-refractivity contribution < 1.29 is 9.47 Å². The summed E-state index contributed by atoms with van der Waals surface area (Å²) in [4.78, 5) is 23.5. The third kappa shape index (κ3) is 3.26. The number of ether oxygens (including phenoxy) is 2. The number of hydrogen-bond acceptors (Lipinski definition) is 6. The fourth-order valence-electron chi connectivity index (χ4n) is 2.88. The summed E-state index contributed by atoms with van der Waals surface area (Å²) in [7, 11) is 0. The van der Waals surface area contributed by atoms with Crippen LogP contribution in [0.5, 0.6) is 11.8 Å². The van der Waals surface area contributed by atoms with E-state index in [1.54, 1.807) is 4.57 Å². The van der Waals surface area contributed by atoms with E-state index < -0.39 is 0 Å². The minimum absolute atomic E-state index is 0.168. The quantitative estimate of drug-likeness (QED) is 0.595. The molecule has 0 amide bonds. The second-order valence-corrected chi connectivity index (χ2v) is 5.99. The third-order valence-electron chi connectivity index (χ3n) is 4.18. The molecule has 3 N–H and O–H groups in total. The molecular formula is C18H19N5O3. The van der Waals surface area contributed by atoms with E-state index in [4.69, 9.17) is 15.2 Å². The molecule has 0 spiro atoms. The molecule has 0 atom stereocenters. The number of anilines is 1. The highest BCUT2D eigenvalue weighted by molar-refractivity contribution is 5.81. The lowest BCUT2D eigenvalue weighted by Crippen LogP contribution is -2.18. The molecule has 3 aromatic rings. The molecule has 0 radical (unpaired) electrons. The monoisotopic (exact) mass is 353 g/mol. The SMILES string of the molecule is Nc1nc2nc3c1[nH]c(=O)n3CCc1cccc(c1)OC/C=C/CCO2. The molecule has 8 nitrogen and oxygen atoms in total. The Balaban J connectivity index is 1.75. The molecule has 8 heteroatoms. The molecule has 1 aromatic carbocycles. The maximum atomic E-state index is 12.3. The van der Waals surface area contributed by atoms with Gasteiger partial charge in [-0.15, -0.1) is 0 Å². The number of aryl methyl sites for hydroxylation is 2. The van der Waals surface area contributed by atoms with Crippen LogP contribution in [0.15, 0.2) is 41.2 Å². The number of aromatic amines is 1. The lowest BCUT2D eigenvalue weighted by Gasteiger charge is -2.09. The molecule has 4 rings (SSSR count). The molecular weight excluding hydrogens is 334 g/mol. The van der Waals surface area contributed by atoms with Gasteiger partial charge in [-0.25, -0.2) is 4.79 Å². The van der Waals surface area contributed by atoms with Crippen molar-refractivity contribution >= 4 is 17.0 Å². The predicted octanol–water partition coefficient (Wildman–Crippen LogP) is 1.66. The average molecular weight is 353 g/mol. The van der Waals surface area contributed by atoms with Crippen LogP contribution in [0.2, 0.25) is 0 Å². The number of rotatable bonds is 0. The number of nitrogens with zero attached hydrogens (tertiary/aromatic N) is 3. The molecule has 1 aliphatic rings. The maximum absolute atomic E-state index is 12.3. The van der Waals surface area contributed by atoms with Gasteiger partial charge in [0.05, 0.1) is 6.61 Å². The molecule has 0 fully saturated rings. The van der Waals surface area contributed by atoms with Crippen molar-refractivity contribution in [2.45, 2.75) is 19.4 Å². The first-order chi connectivity index (χ1) is 12.7. The normalized spacial score (nSPS) is 16.2. The van der Waals surface area contributed by atoms with Crippen LogP contribution in [0, 0.1) is 0 Å². The Bertz CT molecular complexity index is 1020. The molecule has 134 valence electrons. The number of nitrogen functional groups attached to an aromatic ring is 1. The van der Waals surface area contributed by atoms with Gasteiger partial charge in [-0.05, 0) is 30.5 Å². The Hall–Kier alpha value is -3.29. The summed E-state index contributed by atoms with van der Waals surface area (Å²) < 4.78 is 12.9. The topological polar surface area (TPSA) is 108 Å². The third-order valence-corrected chi connectivity index (χ3v) is 4.18. The molecule has 1 aliphatic heterocycles. The van der Waals surface area contributed by atoms with Crippen LogP contribution in [0.25, 0.3) is 11.2 Å². The number of hydrogen-bond donors (Lipinski definition) is 2. The van der Waals surface area contributed by atoms with Crippen molar-refractivity contribution in [3.8, 4) is 11.8 Å². The molecule has 2 aromatic heterocycles. The summed E-state index contributed by atoms with van der Waals surface area (Å²) in [6.45, 7) is 1.35. The standard InChI is InChI=1S/C18H19N5O3/c19-15-14-16-22-17(21-15)26-10-3-1-2-9-25-13-6-4-5-12(11-13)7-8-23(16)18(24)20-14/h1-2,4-6,11H,3,7-10H2,(H,20,24)(H2,19,21,22)/b2-1+. The number of aromatic nitrogens is 4. The van der Waals surface area contributed by atoms with E-state index in [1.165, 1.54) is 0 Å². The molecule has 0 saturated carbocycles. The minimum Gasteiger partial charge on any atom is -0.490 e. The first-order valence-corrected chi connectivity index (χ1v) is 8.46. The van der Waals surface area contributed by atoms with Gasteiger partial charge in [0.2, 0.25) is 0 Å². The first-order valence-electron chi connectivity index (χ1n) is 8.46. The highest BCUT2D eigenvalue weighted by Crippen LogP contribution is 2.19. The number of imidazole rings is 1. The summed E-state index contributed by atoms with van der Waals surface area (Å²) in [5.41, 5.74) is 7.64. The lowest BCUT2D eigenvalue weighted by molar-refractivity contribution is 0.299. The Kier molecular flexibility index (Phi) is 4.30. The highest BCUT2D eigenvalue weighted by atomic mass is 16.5. The summed E-state index contributed by atoms with van der Waals surface area (Å²) in [5, 5.41) is 0. The zero-order valence-corrected chi connectivity index (χ0v) is 14.1. The fraction of sp³-hybridized carbons (Fsp3) is 0.278. The van der Waals surface area contributed by atoms with Crippen LogP contribution >= 0.6 is 0 Å². The van der Waals surface area contributed by atoms with Crippen molar-refractivity contribution in [2.24, 2.45) is 0 Å². The zero-order chi connectivity index (χ0) is 17.9. The molecule has 0 saturated heterocycles. The Morgan fingerprint density at radius 1 is 1.19 bits per heavy atom. The number of nitrogens with two attached hydrogens (primary N) is 1. The Labute approximate surface area is 149 Å². The van der Waals surface area contributed by atoms with Gasteiger partial charge >= 0.3 is 11.7 Å². The van der Waals surface area contributed by atoms with Gasteiger partial charge in [0.1, 0.15) is 17.9 Å². The van der Waals surface area contributed by atoms with Gasteiger partial charge in [0, 0.05) is 6.54 Å². The number of fused-ring (bicyclic) bond motifs is 3. The number of benzene rings is 1. The second-order valence-electron chi connectivity index (χ2n) is 5.99. The summed E-state index contributed by atoms with van der Waals surface area (Å²) in [6.07, 6.45) is 5.26. The van der Waals surface area contributed by atoms with Crippen LogP contribution < -0.4 is 20.9 Å². The molecule has 0 unspecified atom stereocenters. The van der Waals surface area contributed by atoms with E-state index in [2.05, 4.69) is 15.0 Å². The van der Waals surface area contributed by atoms with E-state index in [0.717, 1.165) is 11.3 Å². The zero-order valence-electron chi connectivity index (χ0n) is 14.1. The largest absolute Gasteiger partial charge is 0.490 e. The Morgan fingerprint density at radius 2 is 2.12 bits per heavy atom. The molecule has 26 heavy (non-hydrogen) atoms. The van der Waals surface area contributed by atoms with E-state index in [1.807, 2.05) is 36.4 Å². The molecule has 0 aliphatic carbocycles. The van der Waals surface area contributed by atoms with Crippen molar-refractivity contribution in [1.29, 1.82) is 0 Å². The van der Waals surface area contributed by atoms with Crippen molar-refractivity contribution in [2.75, 3.05) is 18.9 Å². The van der Waals surface area contributed by atoms with E-state index in [9.17, 15) is 4.79 Å². The molecule has 3 heterocycles. The van der Waals surface area contributed by atoms with Crippen LogP contribution in [0.3, 0.4) is 0 Å². The van der Waals surface area contributed by atoms with Crippen LogP contribution in [0.4, 0.5) is 5.82 Å². The van der Waals surface area contributed by atoms with E-state index in [0.29, 0.717) is 43.8 Å². The first kappa shape index (κ1) is 16.2. The predicted molar refractivity (Wildman–Crippen MR) is 97.5 cm³/mol. The van der Waals surface area contributed by atoms with Crippen LogP contribution in [-0.4, -0.2) is 32.7 Å². The average Bonchev–Trinajstić information content (AvgIpc) is 2.95. The lowest BCUT2D eigenvalue weighted by atomic mass is 10.1. The van der Waals surface area contributed by atoms with Gasteiger partial charge in [-0.1, -0.05) is 24.3 Å². The van der Waals surface area contributed by atoms with Crippen molar-refractivity contribution in [1.82, 2.24) is 19.5 Å². The summed E-state index contributed by atoms with van der Waals surface area (Å²) >= 11 is 0. The molecule has 4 bridgehead atoms. The van der Waals surface area contributed by atoms with Gasteiger partial charge in [0.15, 0.2) is 11.5 Å². The van der Waals surface area contributed by atoms with Gasteiger partial charge in [-0.3, -0.25) is 4.57 Å². The second kappa shape index (κ2) is 6.91. The van der Waals surface area contributed by atoms with Crippen molar-refractivity contribution in [3.05, 3.63) is 52.5 Å². The fourth-order valence-corrected chi connectivity index (χ4v) is 2.88. The Morgan fingerprint density at radius 3 is 3.04 bits per heavy atom. The summed E-state index contributed by atoms with van der Waals surface area (Å²) in [6, 6.07) is 8.02. The van der Waals surface area contributed by atoms with E-state index in [-0.39, 0.29) is 17.5 Å². The van der Waals surface area contributed by atoms with Gasteiger partial charge < -0.3 is 20.2 Å². The van der Waals surface area contributed by atoms with Crippen LogP contribution in [-0.2, 0) is 13.0 Å².